The molecule has 0 atom stereocenters. The molecule has 1 heterocycles. The van der Waals surface area contributed by atoms with Crippen LogP contribution >= 0.6 is 0 Å². The van der Waals surface area contributed by atoms with Crippen LogP contribution in [0.5, 0.6) is 0 Å². The minimum absolute atomic E-state index is 0.0512. The summed E-state index contributed by atoms with van der Waals surface area (Å²) in [6, 6.07) is 9.02. The van der Waals surface area contributed by atoms with Gasteiger partial charge in [-0.15, -0.1) is 0 Å². The fourth-order valence-corrected chi connectivity index (χ4v) is 2.20. The molecule has 0 amide bonds. The van der Waals surface area contributed by atoms with Crippen LogP contribution in [0.4, 0.5) is 0 Å². The molecule has 1 aliphatic heterocycles. The molecule has 0 bridgehead atoms. The Morgan fingerprint density at radius 3 is 2.65 bits per heavy atom. The standard InChI is InChI=1S/C16H19NO3/c1-2-20-16(19)14(13-10-6-7-11-17-13)15(18)12-8-4-3-5-9-12/h3-5,8-9,18H,2,6-7,10-11H2,1H3/b15-14+. The zero-order valence-electron chi connectivity index (χ0n) is 11.6. The van der Waals surface area contributed by atoms with Gasteiger partial charge < -0.3 is 9.84 Å². The average Bonchev–Trinajstić information content (AvgIpc) is 2.50. The Bertz CT molecular complexity index is 532. The van der Waals surface area contributed by atoms with Crippen LogP contribution in [0.25, 0.3) is 5.76 Å². The molecule has 2 rings (SSSR count). The molecule has 4 nitrogen and oxygen atoms in total. The van der Waals surface area contributed by atoms with Crippen LogP contribution in [0, 0.1) is 0 Å². The van der Waals surface area contributed by atoms with E-state index in [4.69, 9.17) is 4.74 Å². The topological polar surface area (TPSA) is 58.9 Å². The quantitative estimate of drug-likeness (QED) is 0.521. The molecule has 0 saturated carbocycles. The van der Waals surface area contributed by atoms with E-state index in [2.05, 4.69) is 4.99 Å². The molecule has 1 aromatic rings. The molecule has 0 unspecified atom stereocenters. The summed E-state index contributed by atoms with van der Waals surface area (Å²) >= 11 is 0. The third-order valence-electron chi connectivity index (χ3n) is 3.18. The van der Waals surface area contributed by atoms with Crippen LogP contribution in [-0.4, -0.2) is 29.9 Å². The number of rotatable bonds is 4. The van der Waals surface area contributed by atoms with Crippen LogP contribution in [0.2, 0.25) is 0 Å². The maximum atomic E-state index is 12.1. The number of nitrogens with zero attached hydrogens (tertiary/aromatic N) is 1. The maximum absolute atomic E-state index is 12.1. The summed E-state index contributed by atoms with van der Waals surface area (Å²) in [7, 11) is 0. The van der Waals surface area contributed by atoms with Gasteiger partial charge in [0.2, 0.25) is 0 Å². The van der Waals surface area contributed by atoms with Crippen LogP contribution in [0.15, 0.2) is 40.9 Å². The van der Waals surface area contributed by atoms with Crippen molar-refractivity contribution in [3.05, 3.63) is 41.5 Å². The summed E-state index contributed by atoms with van der Waals surface area (Å²) in [6.07, 6.45) is 2.69. The van der Waals surface area contributed by atoms with Gasteiger partial charge in [0.15, 0.2) is 0 Å². The van der Waals surface area contributed by atoms with Crippen molar-refractivity contribution in [3.63, 3.8) is 0 Å². The average molecular weight is 273 g/mol. The molecule has 106 valence electrons. The molecule has 0 aromatic heterocycles. The van der Waals surface area contributed by atoms with E-state index in [-0.39, 0.29) is 17.9 Å². The number of aliphatic hydroxyl groups is 1. The fourth-order valence-electron chi connectivity index (χ4n) is 2.20. The Morgan fingerprint density at radius 2 is 2.05 bits per heavy atom. The van der Waals surface area contributed by atoms with Gasteiger partial charge in [-0.2, -0.15) is 0 Å². The largest absolute Gasteiger partial charge is 0.506 e. The summed E-state index contributed by atoms with van der Waals surface area (Å²) < 4.78 is 5.06. The lowest BCUT2D eigenvalue weighted by molar-refractivity contribution is -0.137. The van der Waals surface area contributed by atoms with E-state index in [1.807, 2.05) is 18.2 Å². The molecule has 1 aliphatic rings. The first-order valence-corrected chi connectivity index (χ1v) is 6.93. The summed E-state index contributed by atoms with van der Waals surface area (Å²) in [6.45, 7) is 2.72. The minimum Gasteiger partial charge on any atom is -0.506 e. The molecule has 0 aliphatic carbocycles. The van der Waals surface area contributed by atoms with E-state index in [0.29, 0.717) is 24.2 Å². The lowest BCUT2D eigenvalue weighted by Crippen LogP contribution is -2.20. The zero-order valence-corrected chi connectivity index (χ0v) is 11.6. The van der Waals surface area contributed by atoms with Crippen LogP contribution in [0.3, 0.4) is 0 Å². The van der Waals surface area contributed by atoms with Crippen LogP contribution < -0.4 is 0 Å². The van der Waals surface area contributed by atoms with Gasteiger partial charge in [0.05, 0.1) is 12.3 Å². The predicted octanol–water partition coefficient (Wildman–Crippen LogP) is 3.14. The lowest BCUT2D eigenvalue weighted by Gasteiger charge is -2.16. The SMILES string of the molecule is CCOC(=O)/C(C1=NCCCC1)=C(/O)c1ccccc1. The Labute approximate surface area is 118 Å². The van der Waals surface area contributed by atoms with Crippen molar-refractivity contribution in [2.45, 2.75) is 26.2 Å². The number of esters is 1. The monoisotopic (exact) mass is 273 g/mol. The third kappa shape index (κ3) is 3.26. The van der Waals surface area contributed by atoms with Gasteiger partial charge in [-0.25, -0.2) is 4.79 Å². The van der Waals surface area contributed by atoms with E-state index >= 15 is 0 Å². The van der Waals surface area contributed by atoms with E-state index < -0.39 is 5.97 Å². The number of carbonyl (C=O) groups excluding carboxylic acids is 1. The second-order valence-electron chi connectivity index (χ2n) is 4.60. The first-order valence-electron chi connectivity index (χ1n) is 6.93. The minimum atomic E-state index is -0.505. The number of benzene rings is 1. The molecule has 4 heteroatoms. The number of hydrogen-bond acceptors (Lipinski definition) is 4. The van der Waals surface area contributed by atoms with Gasteiger partial charge >= 0.3 is 5.97 Å². The van der Waals surface area contributed by atoms with Gasteiger partial charge in [0.25, 0.3) is 0 Å². The van der Waals surface area contributed by atoms with Gasteiger partial charge in [0, 0.05) is 12.1 Å². The first kappa shape index (κ1) is 14.3. The summed E-state index contributed by atoms with van der Waals surface area (Å²) in [5.41, 5.74) is 1.46. The summed E-state index contributed by atoms with van der Waals surface area (Å²) in [5, 5.41) is 10.4. The normalized spacial score (nSPS) is 16.1. The highest BCUT2D eigenvalue weighted by Crippen LogP contribution is 2.22. The molecule has 0 spiro atoms. The fraction of sp³-hybridized carbons (Fsp3) is 0.375. The molecule has 0 radical (unpaired) electrons. The third-order valence-corrected chi connectivity index (χ3v) is 3.18. The maximum Gasteiger partial charge on any atom is 0.343 e. The van der Waals surface area contributed by atoms with Gasteiger partial charge in [0.1, 0.15) is 11.3 Å². The van der Waals surface area contributed by atoms with Gasteiger partial charge in [-0.05, 0) is 26.2 Å². The lowest BCUT2D eigenvalue weighted by atomic mass is 9.98. The number of carbonyl (C=O) groups is 1. The summed E-state index contributed by atoms with van der Waals surface area (Å²) in [4.78, 5) is 16.5. The number of hydrogen-bond donors (Lipinski definition) is 1. The number of ether oxygens (including phenoxy) is 1. The van der Waals surface area contributed by atoms with Gasteiger partial charge in [-0.1, -0.05) is 30.3 Å². The van der Waals surface area contributed by atoms with Crippen molar-refractivity contribution < 1.29 is 14.6 Å². The Hall–Kier alpha value is -2.10. The number of aliphatic hydroxyl groups excluding tert-OH is 1. The second kappa shape index (κ2) is 6.89. The van der Waals surface area contributed by atoms with Crippen molar-refractivity contribution in [3.8, 4) is 0 Å². The van der Waals surface area contributed by atoms with Crippen molar-refractivity contribution in [2.24, 2.45) is 4.99 Å². The van der Waals surface area contributed by atoms with E-state index in [1.54, 1.807) is 19.1 Å². The first-order chi connectivity index (χ1) is 9.74. The molecule has 1 N–H and O–H groups in total. The van der Waals surface area contributed by atoms with E-state index in [1.165, 1.54) is 0 Å². The molecule has 20 heavy (non-hydrogen) atoms. The van der Waals surface area contributed by atoms with Crippen molar-refractivity contribution >= 4 is 17.4 Å². The van der Waals surface area contributed by atoms with Crippen LogP contribution in [-0.2, 0) is 9.53 Å². The second-order valence-corrected chi connectivity index (χ2v) is 4.60. The zero-order chi connectivity index (χ0) is 14.4. The smallest absolute Gasteiger partial charge is 0.343 e. The Balaban J connectivity index is 2.45. The van der Waals surface area contributed by atoms with Crippen molar-refractivity contribution in [1.29, 1.82) is 0 Å². The molecule has 1 aromatic carbocycles. The van der Waals surface area contributed by atoms with Crippen LogP contribution in [0.1, 0.15) is 31.7 Å². The van der Waals surface area contributed by atoms with E-state index in [9.17, 15) is 9.90 Å². The number of aliphatic imine (C=N–C) groups is 1. The Morgan fingerprint density at radius 1 is 1.30 bits per heavy atom. The Kier molecular flexibility index (Phi) is 4.93. The highest BCUT2D eigenvalue weighted by molar-refractivity contribution is 6.24. The van der Waals surface area contributed by atoms with Gasteiger partial charge in [-0.3, -0.25) is 4.99 Å². The van der Waals surface area contributed by atoms with E-state index in [0.717, 1.165) is 12.8 Å². The molecular formula is C16H19NO3. The van der Waals surface area contributed by atoms with Crippen molar-refractivity contribution in [1.82, 2.24) is 0 Å². The summed E-state index contributed by atoms with van der Waals surface area (Å²) in [5.74, 6) is -0.556. The highest BCUT2D eigenvalue weighted by atomic mass is 16.5. The molecule has 0 fully saturated rings. The molecular weight excluding hydrogens is 254 g/mol. The molecule has 0 saturated heterocycles. The predicted molar refractivity (Wildman–Crippen MR) is 78.8 cm³/mol. The highest BCUT2D eigenvalue weighted by Gasteiger charge is 2.24. The van der Waals surface area contributed by atoms with Crippen molar-refractivity contribution in [2.75, 3.05) is 13.2 Å².